The minimum Gasteiger partial charge on any atom is -0.508 e. The van der Waals surface area contributed by atoms with Crippen LogP contribution in [-0.4, -0.2) is 74.8 Å². The summed E-state index contributed by atoms with van der Waals surface area (Å²) in [6.45, 7) is 9.68. The lowest BCUT2D eigenvalue weighted by molar-refractivity contribution is -0.204. The smallest absolute Gasteiger partial charge is 0.331 e. The van der Waals surface area contributed by atoms with Crippen LogP contribution in [0.3, 0.4) is 0 Å². The zero-order valence-corrected chi connectivity index (χ0v) is 26.6. The number of carbonyl (C=O) groups is 2. The molecular formula is C32H48O9Si. The number of carbonyl (C=O) groups excluding carboxylic acids is 2. The van der Waals surface area contributed by atoms with Crippen molar-refractivity contribution >= 4 is 26.1 Å². The molecule has 234 valence electrons. The van der Waals surface area contributed by atoms with Crippen LogP contribution >= 0.6 is 0 Å². The fourth-order valence-corrected chi connectivity index (χ4v) is 6.79. The minimum absolute atomic E-state index is 0.0815. The first-order chi connectivity index (χ1) is 20.0. The van der Waals surface area contributed by atoms with Gasteiger partial charge in [0.15, 0.2) is 5.79 Å². The van der Waals surface area contributed by atoms with Crippen molar-refractivity contribution < 1.29 is 43.1 Å². The van der Waals surface area contributed by atoms with Gasteiger partial charge in [-0.15, -0.1) is 0 Å². The molecule has 2 saturated carbocycles. The van der Waals surface area contributed by atoms with Gasteiger partial charge < -0.3 is 33.5 Å². The van der Waals surface area contributed by atoms with Gasteiger partial charge in [-0.05, 0) is 56.0 Å². The largest absolute Gasteiger partial charge is 0.508 e. The normalized spacial score (nSPS) is 27.2. The lowest BCUT2D eigenvalue weighted by Crippen LogP contribution is -2.54. The van der Waals surface area contributed by atoms with Crippen molar-refractivity contribution in [2.24, 2.45) is 0 Å². The summed E-state index contributed by atoms with van der Waals surface area (Å²) in [5.74, 6) is -1.32. The molecule has 0 amide bonds. The topological polar surface area (TPSA) is 110 Å². The maximum absolute atomic E-state index is 13.1. The van der Waals surface area contributed by atoms with Gasteiger partial charge in [0, 0.05) is 52.9 Å². The van der Waals surface area contributed by atoms with Gasteiger partial charge in [0.25, 0.3) is 0 Å². The number of ether oxygens (including phenoxy) is 6. The summed E-state index contributed by atoms with van der Waals surface area (Å²) in [5.41, 5.74) is -0.0575. The van der Waals surface area contributed by atoms with Gasteiger partial charge in [-0.25, -0.2) is 4.79 Å². The summed E-state index contributed by atoms with van der Waals surface area (Å²) in [7, 11) is -1.26. The second-order valence-corrected chi connectivity index (χ2v) is 18.6. The number of phenols is 1. The predicted molar refractivity (Wildman–Crippen MR) is 160 cm³/mol. The Kier molecular flexibility index (Phi) is 11.3. The highest BCUT2D eigenvalue weighted by atomic mass is 28.3. The standard InChI is InChI=1S/C32H48O9Si/c1-5-37-28(34)15-18-31(38-23-36-19-20-42(2,3)4)21-26(39-29(35)14-11-24-9-12-25(33)13-10-24)30-27(22-31)40-32(41-30)16-7-6-8-17-32/h9-14,26-27,30,33H,5-8,15-23H2,1-4H3/b14-11+/t26-,27-,30+,31-/m1/s1. The van der Waals surface area contributed by atoms with E-state index in [9.17, 15) is 14.7 Å². The van der Waals surface area contributed by atoms with Gasteiger partial charge in [0.2, 0.25) is 0 Å². The number of fused-ring (bicyclic) bond motifs is 1. The van der Waals surface area contributed by atoms with Crippen molar-refractivity contribution in [3.8, 4) is 5.75 Å². The third-order valence-corrected chi connectivity index (χ3v) is 10.0. The molecular weight excluding hydrogens is 556 g/mol. The van der Waals surface area contributed by atoms with Gasteiger partial charge in [0.1, 0.15) is 24.8 Å². The van der Waals surface area contributed by atoms with Gasteiger partial charge >= 0.3 is 11.9 Å². The molecule has 1 heterocycles. The number of benzene rings is 1. The van der Waals surface area contributed by atoms with Crippen LogP contribution in [0.15, 0.2) is 30.3 Å². The number of hydrogen-bond acceptors (Lipinski definition) is 9. The quantitative estimate of drug-likeness (QED) is 0.0958. The van der Waals surface area contributed by atoms with E-state index >= 15 is 0 Å². The fraction of sp³-hybridized carbons (Fsp3) is 0.688. The minimum atomic E-state index is -1.26. The maximum atomic E-state index is 13.1. The van der Waals surface area contributed by atoms with Crippen LogP contribution in [0.25, 0.3) is 6.08 Å². The lowest BCUT2D eigenvalue weighted by atomic mass is 9.76. The highest BCUT2D eigenvalue weighted by Crippen LogP contribution is 2.49. The van der Waals surface area contributed by atoms with Crippen molar-refractivity contribution in [3.63, 3.8) is 0 Å². The van der Waals surface area contributed by atoms with Crippen molar-refractivity contribution in [1.29, 1.82) is 0 Å². The molecule has 4 rings (SSSR count). The number of rotatable bonds is 13. The third-order valence-electron chi connectivity index (χ3n) is 8.32. The molecule has 0 unspecified atom stereocenters. The first kappa shape index (κ1) is 32.7. The summed E-state index contributed by atoms with van der Waals surface area (Å²) in [4.78, 5) is 25.5. The second kappa shape index (κ2) is 14.5. The molecule has 1 aromatic carbocycles. The van der Waals surface area contributed by atoms with Crippen LogP contribution < -0.4 is 0 Å². The summed E-state index contributed by atoms with van der Waals surface area (Å²) < 4.78 is 36.9. The molecule has 3 fully saturated rings. The van der Waals surface area contributed by atoms with E-state index in [0.717, 1.165) is 43.7 Å². The number of hydrogen-bond donors (Lipinski definition) is 1. The van der Waals surface area contributed by atoms with Crippen molar-refractivity contribution in [2.45, 2.75) is 120 Å². The van der Waals surface area contributed by atoms with E-state index in [1.165, 1.54) is 6.08 Å². The van der Waals surface area contributed by atoms with Gasteiger partial charge in [-0.2, -0.15) is 0 Å². The molecule has 2 aliphatic carbocycles. The van der Waals surface area contributed by atoms with E-state index in [2.05, 4.69) is 19.6 Å². The van der Waals surface area contributed by atoms with Gasteiger partial charge in [-0.1, -0.05) is 38.2 Å². The van der Waals surface area contributed by atoms with Crippen LogP contribution in [0, 0.1) is 0 Å². The lowest BCUT2D eigenvalue weighted by Gasteiger charge is -2.44. The molecule has 0 bridgehead atoms. The second-order valence-electron chi connectivity index (χ2n) is 13.0. The molecule has 10 heteroatoms. The highest BCUT2D eigenvalue weighted by Gasteiger charge is 2.58. The molecule has 1 N–H and O–H groups in total. The third kappa shape index (κ3) is 9.38. The number of esters is 2. The van der Waals surface area contributed by atoms with E-state index in [4.69, 9.17) is 28.4 Å². The first-order valence-electron chi connectivity index (χ1n) is 15.4. The molecule has 3 aliphatic rings. The Morgan fingerprint density at radius 3 is 2.50 bits per heavy atom. The summed E-state index contributed by atoms with van der Waals surface area (Å²) >= 11 is 0. The Labute approximate surface area is 250 Å². The van der Waals surface area contributed by atoms with Crippen molar-refractivity contribution in [3.05, 3.63) is 35.9 Å². The number of aromatic hydroxyl groups is 1. The van der Waals surface area contributed by atoms with Crippen LogP contribution in [0.5, 0.6) is 5.75 Å². The molecule has 0 aromatic heterocycles. The highest BCUT2D eigenvalue weighted by molar-refractivity contribution is 6.76. The molecule has 42 heavy (non-hydrogen) atoms. The monoisotopic (exact) mass is 604 g/mol. The van der Waals surface area contributed by atoms with Crippen LogP contribution in [-0.2, 0) is 38.0 Å². The Morgan fingerprint density at radius 1 is 1.07 bits per heavy atom. The zero-order chi connectivity index (χ0) is 30.2. The molecule has 1 spiro atoms. The van der Waals surface area contributed by atoms with E-state index < -0.39 is 37.6 Å². The molecule has 1 aliphatic heterocycles. The SMILES string of the molecule is CCOC(=O)CC[C@@]1(OCOCC[Si](C)(C)C)C[C@@H](OC(=O)/C=C/c2ccc(O)cc2)[C@@H]2OC3(CCCCC3)O[C@@H]2C1. The molecule has 4 atom stereocenters. The summed E-state index contributed by atoms with van der Waals surface area (Å²) in [5, 5.41) is 9.54. The van der Waals surface area contributed by atoms with E-state index in [-0.39, 0.29) is 31.0 Å². The zero-order valence-electron chi connectivity index (χ0n) is 25.6. The van der Waals surface area contributed by atoms with E-state index in [0.29, 0.717) is 32.5 Å². The Morgan fingerprint density at radius 2 is 1.81 bits per heavy atom. The van der Waals surface area contributed by atoms with Crippen LogP contribution in [0.1, 0.15) is 70.3 Å². The summed E-state index contributed by atoms with van der Waals surface area (Å²) in [6, 6.07) is 7.57. The van der Waals surface area contributed by atoms with E-state index in [1.807, 2.05) is 0 Å². The van der Waals surface area contributed by atoms with E-state index in [1.54, 1.807) is 37.3 Å². The van der Waals surface area contributed by atoms with Crippen molar-refractivity contribution in [2.75, 3.05) is 20.0 Å². The Balaban J connectivity index is 1.52. The molecule has 1 aromatic rings. The Bertz CT molecular complexity index is 1060. The molecule has 0 radical (unpaired) electrons. The van der Waals surface area contributed by atoms with Crippen LogP contribution in [0.4, 0.5) is 0 Å². The van der Waals surface area contributed by atoms with Crippen LogP contribution in [0.2, 0.25) is 25.7 Å². The molecule has 1 saturated heterocycles. The van der Waals surface area contributed by atoms with Crippen molar-refractivity contribution in [1.82, 2.24) is 0 Å². The average Bonchev–Trinajstić information content (AvgIpc) is 3.28. The van der Waals surface area contributed by atoms with Gasteiger partial charge in [0.05, 0.1) is 18.3 Å². The average molecular weight is 605 g/mol. The summed E-state index contributed by atoms with van der Waals surface area (Å²) in [6.07, 6.45) is 7.83. The maximum Gasteiger partial charge on any atom is 0.331 e. The number of phenolic OH excluding ortho intramolecular Hbond substituents is 1. The predicted octanol–water partition coefficient (Wildman–Crippen LogP) is 5.97. The molecule has 9 nitrogen and oxygen atoms in total. The van der Waals surface area contributed by atoms with Gasteiger partial charge in [-0.3, -0.25) is 4.79 Å². The Hall–Kier alpha value is -2.24. The fourth-order valence-electron chi connectivity index (χ4n) is 6.03. The first-order valence-corrected chi connectivity index (χ1v) is 19.1.